The summed E-state index contributed by atoms with van der Waals surface area (Å²) >= 11 is 0. The SMILES string of the molecule is CCC(C)C(O)CNC(=O)CC1(CN)CCCCC1. The Labute approximate surface area is 117 Å². The summed E-state index contributed by atoms with van der Waals surface area (Å²) in [6.45, 7) is 4.99. The van der Waals surface area contributed by atoms with Gasteiger partial charge < -0.3 is 16.2 Å². The van der Waals surface area contributed by atoms with Crippen LogP contribution in [0.2, 0.25) is 0 Å². The van der Waals surface area contributed by atoms with Gasteiger partial charge in [0.2, 0.25) is 5.91 Å². The van der Waals surface area contributed by atoms with E-state index in [9.17, 15) is 9.90 Å². The molecule has 1 amide bonds. The Morgan fingerprint density at radius 3 is 2.53 bits per heavy atom. The van der Waals surface area contributed by atoms with Crippen molar-refractivity contribution in [3.8, 4) is 0 Å². The molecule has 1 rings (SSSR count). The van der Waals surface area contributed by atoms with Gasteiger partial charge in [0.05, 0.1) is 6.10 Å². The van der Waals surface area contributed by atoms with Crippen LogP contribution in [0.5, 0.6) is 0 Å². The number of hydrogen-bond acceptors (Lipinski definition) is 3. The summed E-state index contributed by atoms with van der Waals surface area (Å²) in [7, 11) is 0. The van der Waals surface area contributed by atoms with Gasteiger partial charge in [0, 0.05) is 13.0 Å². The summed E-state index contributed by atoms with van der Waals surface area (Å²) in [5, 5.41) is 12.7. The van der Waals surface area contributed by atoms with E-state index in [0.717, 1.165) is 19.3 Å². The lowest BCUT2D eigenvalue weighted by Crippen LogP contribution is -2.41. The molecule has 1 saturated carbocycles. The molecule has 4 N–H and O–H groups in total. The number of hydrogen-bond donors (Lipinski definition) is 3. The Morgan fingerprint density at radius 2 is 2.00 bits per heavy atom. The van der Waals surface area contributed by atoms with Gasteiger partial charge >= 0.3 is 0 Å². The van der Waals surface area contributed by atoms with Crippen molar-refractivity contribution in [2.75, 3.05) is 13.1 Å². The fraction of sp³-hybridized carbons (Fsp3) is 0.933. The van der Waals surface area contributed by atoms with Crippen LogP contribution in [0.1, 0.15) is 58.8 Å². The first-order valence-electron chi connectivity index (χ1n) is 7.68. The number of amides is 1. The Morgan fingerprint density at radius 1 is 1.37 bits per heavy atom. The predicted octanol–water partition coefficient (Wildman–Crippen LogP) is 1.81. The molecule has 4 heteroatoms. The smallest absolute Gasteiger partial charge is 0.220 e. The first-order valence-corrected chi connectivity index (χ1v) is 7.68. The van der Waals surface area contributed by atoms with Crippen molar-refractivity contribution >= 4 is 5.91 Å². The van der Waals surface area contributed by atoms with E-state index < -0.39 is 6.10 Å². The average Bonchev–Trinajstić information content (AvgIpc) is 2.44. The summed E-state index contributed by atoms with van der Waals surface area (Å²) in [5.74, 6) is 0.258. The maximum atomic E-state index is 12.0. The van der Waals surface area contributed by atoms with Crippen LogP contribution in [0, 0.1) is 11.3 Å². The van der Waals surface area contributed by atoms with E-state index in [0.29, 0.717) is 19.5 Å². The van der Waals surface area contributed by atoms with Gasteiger partial charge in [-0.25, -0.2) is 0 Å². The van der Waals surface area contributed by atoms with Crippen LogP contribution in [0.4, 0.5) is 0 Å². The minimum Gasteiger partial charge on any atom is -0.391 e. The summed E-state index contributed by atoms with van der Waals surface area (Å²) in [5.41, 5.74) is 5.89. The molecule has 19 heavy (non-hydrogen) atoms. The number of aliphatic hydroxyl groups excluding tert-OH is 1. The van der Waals surface area contributed by atoms with Crippen molar-refractivity contribution in [3.05, 3.63) is 0 Å². The first kappa shape index (κ1) is 16.4. The van der Waals surface area contributed by atoms with Crippen molar-refractivity contribution < 1.29 is 9.90 Å². The lowest BCUT2D eigenvalue weighted by Gasteiger charge is -2.35. The molecule has 0 aromatic carbocycles. The molecule has 4 nitrogen and oxygen atoms in total. The third-order valence-electron chi connectivity index (χ3n) is 4.69. The number of nitrogens with two attached hydrogens (primary N) is 1. The minimum absolute atomic E-state index is 0.00363. The van der Waals surface area contributed by atoms with Crippen LogP contribution in [0.25, 0.3) is 0 Å². The topological polar surface area (TPSA) is 75.3 Å². The van der Waals surface area contributed by atoms with Crippen molar-refractivity contribution in [1.82, 2.24) is 5.32 Å². The Kier molecular flexibility index (Phi) is 6.80. The van der Waals surface area contributed by atoms with Gasteiger partial charge in [0.25, 0.3) is 0 Å². The van der Waals surface area contributed by atoms with Gasteiger partial charge in [-0.3, -0.25) is 4.79 Å². The van der Waals surface area contributed by atoms with Gasteiger partial charge in [0.1, 0.15) is 0 Å². The quantitative estimate of drug-likeness (QED) is 0.660. The molecule has 0 spiro atoms. The molecule has 1 fully saturated rings. The molecule has 0 saturated heterocycles. The van der Waals surface area contributed by atoms with E-state index in [1.54, 1.807) is 0 Å². The zero-order valence-corrected chi connectivity index (χ0v) is 12.5. The lowest BCUT2D eigenvalue weighted by molar-refractivity contribution is -0.124. The van der Waals surface area contributed by atoms with Crippen LogP contribution in [-0.4, -0.2) is 30.2 Å². The summed E-state index contributed by atoms with van der Waals surface area (Å²) in [6.07, 6.45) is 6.72. The van der Waals surface area contributed by atoms with E-state index >= 15 is 0 Å². The predicted molar refractivity (Wildman–Crippen MR) is 77.7 cm³/mol. The van der Waals surface area contributed by atoms with Gasteiger partial charge in [0.15, 0.2) is 0 Å². The van der Waals surface area contributed by atoms with Gasteiger partial charge in [-0.2, -0.15) is 0 Å². The number of carbonyl (C=O) groups is 1. The maximum absolute atomic E-state index is 12.0. The molecule has 0 heterocycles. The molecule has 112 valence electrons. The molecule has 0 bridgehead atoms. The first-order chi connectivity index (χ1) is 9.03. The van der Waals surface area contributed by atoms with Crippen LogP contribution in [-0.2, 0) is 4.79 Å². The second-order valence-corrected chi connectivity index (χ2v) is 6.20. The molecular weight excluding hydrogens is 240 g/mol. The molecule has 1 aliphatic rings. The standard InChI is InChI=1S/C15H30N2O2/c1-3-12(2)13(18)10-17-14(19)9-15(11-16)7-5-4-6-8-15/h12-13,18H,3-11,16H2,1-2H3,(H,17,19). The Balaban J connectivity index is 2.37. The largest absolute Gasteiger partial charge is 0.391 e. The third kappa shape index (κ3) is 5.11. The molecule has 0 aromatic rings. The number of aliphatic hydroxyl groups is 1. The van der Waals surface area contributed by atoms with Crippen LogP contribution in [0.3, 0.4) is 0 Å². The number of carbonyl (C=O) groups excluding carboxylic acids is 1. The van der Waals surface area contributed by atoms with Crippen LogP contribution < -0.4 is 11.1 Å². The van der Waals surface area contributed by atoms with Gasteiger partial charge in [-0.1, -0.05) is 39.5 Å². The molecule has 0 radical (unpaired) electrons. The third-order valence-corrected chi connectivity index (χ3v) is 4.69. The molecule has 0 aliphatic heterocycles. The fourth-order valence-electron chi connectivity index (χ4n) is 2.85. The van der Waals surface area contributed by atoms with Crippen LogP contribution >= 0.6 is 0 Å². The van der Waals surface area contributed by atoms with E-state index in [2.05, 4.69) is 5.32 Å². The normalized spacial score (nSPS) is 21.7. The minimum atomic E-state index is -0.450. The van der Waals surface area contributed by atoms with E-state index in [1.165, 1.54) is 19.3 Å². The molecule has 1 aliphatic carbocycles. The van der Waals surface area contributed by atoms with E-state index in [1.807, 2.05) is 13.8 Å². The Bertz CT molecular complexity index is 275. The van der Waals surface area contributed by atoms with Crippen molar-refractivity contribution in [2.24, 2.45) is 17.1 Å². The second kappa shape index (κ2) is 7.85. The highest BCUT2D eigenvalue weighted by Gasteiger charge is 2.33. The molecule has 2 atom stereocenters. The summed E-state index contributed by atoms with van der Waals surface area (Å²) in [4.78, 5) is 12.0. The zero-order chi connectivity index (χ0) is 14.3. The summed E-state index contributed by atoms with van der Waals surface area (Å²) in [6, 6.07) is 0. The van der Waals surface area contributed by atoms with Crippen molar-refractivity contribution in [1.29, 1.82) is 0 Å². The molecular formula is C15H30N2O2. The van der Waals surface area contributed by atoms with Crippen molar-refractivity contribution in [3.63, 3.8) is 0 Å². The van der Waals surface area contributed by atoms with Gasteiger partial charge in [-0.05, 0) is 30.7 Å². The lowest BCUT2D eigenvalue weighted by atomic mass is 9.71. The highest BCUT2D eigenvalue weighted by atomic mass is 16.3. The van der Waals surface area contributed by atoms with E-state index in [4.69, 9.17) is 5.73 Å². The highest BCUT2D eigenvalue weighted by molar-refractivity contribution is 5.76. The fourth-order valence-corrected chi connectivity index (χ4v) is 2.85. The van der Waals surface area contributed by atoms with Crippen molar-refractivity contribution in [2.45, 2.75) is 64.9 Å². The molecule has 2 unspecified atom stereocenters. The second-order valence-electron chi connectivity index (χ2n) is 6.20. The maximum Gasteiger partial charge on any atom is 0.220 e. The van der Waals surface area contributed by atoms with Crippen LogP contribution in [0.15, 0.2) is 0 Å². The monoisotopic (exact) mass is 270 g/mol. The summed E-state index contributed by atoms with van der Waals surface area (Å²) < 4.78 is 0. The Hall–Kier alpha value is -0.610. The van der Waals surface area contributed by atoms with E-state index in [-0.39, 0.29) is 17.2 Å². The highest BCUT2D eigenvalue weighted by Crippen LogP contribution is 2.38. The molecule has 0 aromatic heterocycles. The zero-order valence-electron chi connectivity index (χ0n) is 12.5. The number of rotatable bonds is 7. The van der Waals surface area contributed by atoms with Gasteiger partial charge in [-0.15, -0.1) is 0 Å². The average molecular weight is 270 g/mol. The number of nitrogens with one attached hydrogen (secondary N) is 1.